The minimum Gasteiger partial charge on any atom is -0.387 e. The van der Waals surface area contributed by atoms with Gasteiger partial charge in [-0.2, -0.15) is 0 Å². The fourth-order valence-electron chi connectivity index (χ4n) is 2.06. The molecule has 2 rings (SSSR count). The molecule has 2 N–H and O–H groups in total. The molecule has 0 aliphatic carbocycles. The van der Waals surface area contributed by atoms with E-state index in [1.165, 1.54) is 5.56 Å². The lowest BCUT2D eigenvalue weighted by atomic mass is 10.0. The van der Waals surface area contributed by atoms with Gasteiger partial charge in [0.1, 0.15) is 0 Å². The van der Waals surface area contributed by atoms with Crippen molar-refractivity contribution in [3.63, 3.8) is 0 Å². The maximum Gasteiger partial charge on any atom is 0.0940 e. The summed E-state index contributed by atoms with van der Waals surface area (Å²) in [5.41, 5.74) is 2.13. The number of hydrogen-bond donors (Lipinski definition) is 2. The highest BCUT2D eigenvalue weighted by atomic mass is 16.3. The van der Waals surface area contributed by atoms with Gasteiger partial charge in [0.15, 0.2) is 0 Å². The van der Waals surface area contributed by atoms with Crippen LogP contribution in [0.25, 0.3) is 6.08 Å². The van der Waals surface area contributed by atoms with Crippen molar-refractivity contribution in [3.8, 4) is 0 Å². The van der Waals surface area contributed by atoms with E-state index in [0.29, 0.717) is 0 Å². The first-order valence-electron chi connectivity index (χ1n) is 6.95. The Kier molecular flexibility index (Phi) is 5.54. The van der Waals surface area contributed by atoms with E-state index in [4.69, 9.17) is 0 Å². The molecule has 2 heteroatoms. The zero-order chi connectivity index (χ0) is 14.2. The number of nitrogens with one attached hydrogen (secondary N) is 1. The molecule has 0 amide bonds. The first-order valence-corrected chi connectivity index (χ1v) is 6.95. The first kappa shape index (κ1) is 14.5. The first-order chi connectivity index (χ1) is 9.77. The highest BCUT2D eigenvalue weighted by molar-refractivity contribution is 5.48. The molecule has 2 aromatic rings. The summed E-state index contributed by atoms with van der Waals surface area (Å²) in [7, 11) is 0. The summed E-state index contributed by atoms with van der Waals surface area (Å²) in [5, 5.41) is 13.5. The predicted molar refractivity (Wildman–Crippen MR) is 84.3 cm³/mol. The molecule has 0 aliphatic rings. The van der Waals surface area contributed by atoms with E-state index in [1.54, 1.807) is 0 Å². The smallest absolute Gasteiger partial charge is 0.0940 e. The Morgan fingerprint density at radius 1 is 1.00 bits per heavy atom. The van der Waals surface area contributed by atoms with Crippen molar-refractivity contribution in [2.45, 2.75) is 19.1 Å². The Bertz CT molecular complexity index is 522. The molecule has 0 spiro atoms. The third kappa shape index (κ3) is 4.34. The van der Waals surface area contributed by atoms with Gasteiger partial charge in [-0.3, -0.25) is 0 Å². The number of aliphatic hydroxyl groups is 1. The third-order valence-corrected chi connectivity index (χ3v) is 3.28. The van der Waals surface area contributed by atoms with Crippen LogP contribution in [0.1, 0.15) is 24.2 Å². The number of benzene rings is 2. The van der Waals surface area contributed by atoms with Gasteiger partial charge in [0.2, 0.25) is 0 Å². The van der Waals surface area contributed by atoms with E-state index in [1.807, 2.05) is 55.5 Å². The van der Waals surface area contributed by atoms with E-state index < -0.39 is 6.10 Å². The number of aliphatic hydroxyl groups excluding tert-OH is 1. The van der Waals surface area contributed by atoms with E-state index in [2.05, 4.69) is 29.6 Å². The van der Waals surface area contributed by atoms with Crippen molar-refractivity contribution >= 4 is 6.08 Å². The Balaban J connectivity index is 1.81. The summed E-state index contributed by atoms with van der Waals surface area (Å²) in [6.07, 6.45) is 3.67. The van der Waals surface area contributed by atoms with Gasteiger partial charge < -0.3 is 10.4 Å². The lowest BCUT2D eigenvalue weighted by Gasteiger charge is -2.19. The molecule has 0 aliphatic heterocycles. The maximum atomic E-state index is 10.2. The van der Waals surface area contributed by atoms with Crippen LogP contribution in [0.4, 0.5) is 0 Å². The molecule has 0 heterocycles. The van der Waals surface area contributed by atoms with Crippen LogP contribution in [0.15, 0.2) is 66.7 Å². The fourth-order valence-corrected chi connectivity index (χ4v) is 2.06. The van der Waals surface area contributed by atoms with Gasteiger partial charge in [-0.15, -0.1) is 0 Å². The van der Waals surface area contributed by atoms with Gasteiger partial charge in [-0.25, -0.2) is 0 Å². The van der Waals surface area contributed by atoms with Gasteiger partial charge in [0.05, 0.1) is 6.10 Å². The molecule has 2 nitrogen and oxygen atoms in total. The molecule has 0 bridgehead atoms. The minimum atomic E-state index is -0.485. The molecule has 20 heavy (non-hydrogen) atoms. The zero-order valence-corrected chi connectivity index (χ0v) is 11.7. The summed E-state index contributed by atoms with van der Waals surface area (Å²) in [6, 6.07) is 19.9. The second kappa shape index (κ2) is 7.63. The molecule has 0 unspecified atom stereocenters. The van der Waals surface area contributed by atoms with Crippen LogP contribution in [0.3, 0.4) is 0 Å². The Labute approximate surface area is 120 Å². The monoisotopic (exact) mass is 267 g/mol. The highest BCUT2D eigenvalue weighted by Crippen LogP contribution is 2.15. The lowest BCUT2D eigenvalue weighted by Crippen LogP contribution is -2.32. The molecular weight excluding hydrogens is 246 g/mol. The minimum absolute atomic E-state index is 0.0119. The molecule has 0 fully saturated rings. The molecule has 0 saturated carbocycles. The van der Waals surface area contributed by atoms with Crippen molar-refractivity contribution in [3.05, 3.63) is 77.9 Å². The van der Waals surface area contributed by atoms with Crippen molar-refractivity contribution in [1.82, 2.24) is 5.32 Å². The zero-order valence-electron chi connectivity index (χ0n) is 11.7. The number of hydrogen-bond acceptors (Lipinski definition) is 2. The standard InChI is InChI=1S/C18H21NO/c1-15(18(20)17-12-6-3-7-13-17)19-14-8-11-16-9-4-2-5-10-16/h2-13,15,18-20H,14H2,1H3/b11-8+/t15-,18+/m0/s1. The molecule has 104 valence electrons. The van der Waals surface area contributed by atoms with E-state index in [0.717, 1.165) is 12.1 Å². The van der Waals surface area contributed by atoms with Gasteiger partial charge in [0, 0.05) is 12.6 Å². The van der Waals surface area contributed by atoms with E-state index >= 15 is 0 Å². The Hall–Kier alpha value is -1.90. The summed E-state index contributed by atoms with van der Waals surface area (Å²) < 4.78 is 0. The number of rotatable bonds is 6. The quantitative estimate of drug-likeness (QED) is 0.840. The average molecular weight is 267 g/mol. The molecule has 0 aromatic heterocycles. The summed E-state index contributed by atoms with van der Waals surface area (Å²) in [5.74, 6) is 0. The molecular formula is C18H21NO. The van der Waals surface area contributed by atoms with Crippen LogP contribution in [-0.4, -0.2) is 17.7 Å². The van der Waals surface area contributed by atoms with E-state index in [9.17, 15) is 5.11 Å². The van der Waals surface area contributed by atoms with Crippen molar-refractivity contribution in [2.24, 2.45) is 0 Å². The SMILES string of the molecule is C[C@H](NC/C=C/c1ccccc1)[C@@H](O)c1ccccc1. The van der Waals surface area contributed by atoms with Crippen molar-refractivity contribution < 1.29 is 5.11 Å². The summed E-state index contributed by atoms with van der Waals surface area (Å²) >= 11 is 0. The summed E-state index contributed by atoms with van der Waals surface area (Å²) in [6.45, 7) is 2.73. The second-order valence-corrected chi connectivity index (χ2v) is 4.87. The predicted octanol–water partition coefficient (Wildman–Crippen LogP) is 3.41. The topological polar surface area (TPSA) is 32.3 Å². The largest absolute Gasteiger partial charge is 0.387 e. The average Bonchev–Trinajstić information content (AvgIpc) is 2.52. The fraction of sp³-hybridized carbons (Fsp3) is 0.222. The molecule has 2 atom stereocenters. The van der Waals surface area contributed by atoms with Crippen molar-refractivity contribution in [2.75, 3.05) is 6.54 Å². The van der Waals surface area contributed by atoms with Crippen LogP contribution >= 0.6 is 0 Å². The van der Waals surface area contributed by atoms with Crippen LogP contribution in [0.2, 0.25) is 0 Å². The van der Waals surface area contributed by atoms with Gasteiger partial charge >= 0.3 is 0 Å². The van der Waals surface area contributed by atoms with Crippen LogP contribution < -0.4 is 5.32 Å². The van der Waals surface area contributed by atoms with Crippen LogP contribution in [0, 0.1) is 0 Å². The van der Waals surface area contributed by atoms with Crippen LogP contribution in [0.5, 0.6) is 0 Å². The molecule has 0 radical (unpaired) electrons. The lowest BCUT2D eigenvalue weighted by molar-refractivity contribution is 0.138. The highest BCUT2D eigenvalue weighted by Gasteiger charge is 2.14. The summed E-state index contributed by atoms with van der Waals surface area (Å²) in [4.78, 5) is 0. The van der Waals surface area contributed by atoms with Gasteiger partial charge in [-0.1, -0.05) is 72.8 Å². The van der Waals surface area contributed by atoms with E-state index in [-0.39, 0.29) is 6.04 Å². The van der Waals surface area contributed by atoms with Crippen molar-refractivity contribution in [1.29, 1.82) is 0 Å². The normalized spacial score (nSPS) is 14.3. The maximum absolute atomic E-state index is 10.2. The van der Waals surface area contributed by atoms with Gasteiger partial charge in [0.25, 0.3) is 0 Å². The molecule has 2 aromatic carbocycles. The second-order valence-electron chi connectivity index (χ2n) is 4.87. The third-order valence-electron chi connectivity index (χ3n) is 3.28. The molecule has 0 saturated heterocycles. The Morgan fingerprint density at radius 3 is 2.25 bits per heavy atom. The van der Waals surface area contributed by atoms with Crippen LogP contribution in [-0.2, 0) is 0 Å². The Morgan fingerprint density at radius 2 is 1.60 bits per heavy atom. The van der Waals surface area contributed by atoms with Gasteiger partial charge in [-0.05, 0) is 18.1 Å².